The maximum atomic E-state index is 17.2. The van der Waals surface area contributed by atoms with Crippen molar-refractivity contribution < 1.29 is 38.1 Å². The summed E-state index contributed by atoms with van der Waals surface area (Å²) in [6.07, 6.45) is 3.64. The van der Waals surface area contributed by atoms with Gasteiger partial charge in [-0.05, 0) is 115 Å². The molecule has 4 aliphatic rings. The molecule has 5 N–H and O–H groups in total. The second-order valence-electron chi connectivity index (χ2n) is 24.5. The van der Waals surface area contributed by atoms with Gasteiger partial charge < -0.3 is 45.6 Å². The Balaban J connectivity index is 0.703. The number of hydrogen-bond donors (Lipinski definition) is 5. The highest BCUT2D eigenvalue weighted by molar-refractivity contribution is 7.13. The minimum atomic E-state index is -0.930. The van der Waals surface area contributed by atoms with Crippen LogP contribution in [0.25, 0.3) is 43.2 Å². The first-order valence-corrected chi connectivity index (χ1v) is 29.0. The minimum Gasteiger partial charge on any atom is -0.508 e. The number of rotatable bonds is 18. The average Bonchev–Trinajstić information content (AvgIpc) is 3.60. The second-order valence-corrected chi connectivity index (χ2v) is 25.4. The molecule has 11 rings (SSSR count). The van der Waals surface area contributed by atoms with Crippen LogP contribution < -0.4 is 25.6 Å². The number of benzene rings is 5. The fraction of sp³-hybridized carbons (Fsp3) is 0.429. The SMILES string of the molecule is Cc1ncsc1-c1ccc(CNC(=O)C2CC(O)CN2C(=O)[C@@H](NC(=O)CCc2ccc(CN(C)CC3(COc4nc(N5C[C@H]6CC[C@@](C)(C5)N6)c5cc(F)c(-c6cc(O)cc7ccccc67)c(F)c5n4)CC3)cc2)C(C)(C)C)cc1. The number of nitrogens with one attached hydrogen (secondary N) is 3. The van der Waals surface area contributed by atoms with Crippen LogP contribution in [0, 0.1) is 29.4 Å². The predicted molar refractivity (Wildman–Crippen MR) is 311 cm³/mol. The standard InChI is InChI=1S/C63H71F2N9O6S/c1-37-55(81-36-67-37)41-18-15-39(16-19-41)29-66-58(78)50-27-45(76)32-74(50)59(79)56(61(2,3)4)68-51(77)20-17-38-11-13-40(14-12-38)30-72(6)34-63(23-24-63)35-80-60-69-54-48(57(70-60)73-31-43-21-22-62(5,33-73)71-43)28-49(64)52(53(54)65)47-26-44(75)25-42-9-7-8-10-46(42)47/h7-16,18-19,25-26,28,36,43,45,50,56,71,75-76H,17,20-24,27,29-35H2,1-6H3,(H,66,78)(H,68,77)/t43-,45?,50?,56-,62+/m1/s1. The molecule has 2 aromatic heterocycles. The van der Waals surface area contributed by atoms with E-state index in [0.717, 1.165) is 65.1 Å². The van der Waals surface area contributed by atoms with Gasteiger partial charge in [-0.15, -0.1) is 11.3 Å². The maximum absolute atomic E-state index is 17.2. The smallest absolute Gasteiger partial charge is 0.319 e. The van der Waals surface area contributed by atoms with Crippen LogP contribution in [0.3, 0.4) is 0 Å². The number of piperazine rings is 1. The second kappa shape index (κ2) is 22.3. The van der Waals surface area contributed by atoms with Crippen LogP contribution in [0.2, 0.25) is 0 Å². The zero-order valence-electron chi connectivity index (χ0n) is 46.8. The molecule has 1 saturated carbocycles. The van der Waals surface area contributed by atoms with Gasteiger partial charge in [0.1, 0.15) is 35.0 Å². The molecule has 3 saturated heterocycles. The van der Waals surface area contributed by atoms with Gasteiger partial charge in [0.05, 0.1) is 34.4 Å². The minimum absolute atomic E-state index is 0.00756. The van der Waals surface area contributed by atoms with Crippen molar-refractivity contribution in [3.05, 3.63) is 131 Å². The van der Waals surface area contributed by atoms with Gasteiger partial charge in [-0.25, -0.2) is 13.8 Å². The molecule has 81 heavy (non-hydrogen) atoms. The zero-order chi connectivity index (χ0) is 57.0. The van der Waals surface area contributed by atoms with Crippen LogP contribution in [0.1, 0.15) is 88.6 Å². The summed E-state index contributed by atoms with van der Waals surface area (Å²) < 4.78 is 40.1. The number of thiazole rings is 1. The molecule has 1 aliphatic carbocycles. The van der Waals surface area contributed by atoms with E-state index in [1.165, 1.54) is 17.0 Å². The molecule has 2 bridgehead atoms. The van der Waals surface area contributed by atoms with E-state index >= 15 is 8.78 Å². The lowest BCUT2D eigenvalue weighted by Gasteiger charge is -2.40. The van der Waals surface area contributed by atoms with E-state index in [-0.39, 0.29) is 88.5 Å². The van der Waals surface area contributed by atoms with Crippen LogP contribution in [-0.4, -0.2) is 122 Å². The third kappa shape index (κ3) is 12.1. The van der Waals surface area contributed by atoms with Crippen molar-refractivity contribution in [2.75, 3.05) is 44.7 Å². The number of aliphatic hydroxyl groups is 1. The van der Waals surface area contributed by atoms with Crippen molar-refractivity contribution in [1.29, 1.82) is 0 Å². The molecule has 3 aliphatic heterocycles. The fourth-order valence-corrected chi connectivity index (χ4v) is 13.1. The van der Waals surface area contributed by atoms with E-state index in [2.05, 4.69) is 61.8 Å². The summed E-state index contributed by atoms with van der Waals surface area (Å²) in [7, 11) is 2.06. The molecule has 4 fully saturated rings. The largest absolute Gasteiger partial charge is 0.508 e. The number of carbonyl (C=O) groups excluding carboxylic acids is 3. The number of aryl methyl sites for hydroxylation is 2. The summed E-state index contributed by atoms with van der Waals surface area (Å²) in [5, 5.41) is 32.5. The van der Waals surface area contributed by atoms with Crippen molar-refractivity contribution in [2.45, 2.75) is 122 Å². The summed E-state index contributed by atoms with van der Waals surface area (Å²) in [6.45, 7) is 12.9. The van der Waals surface area contributed by atoms with E-state index in [1.807, 2.05) is 75.7 Å². The van der Waals surface area contributed by atoms with E-state index in [1.54, 1.807) is 35.6 Å². The van der Waals surface area contributed by atoms with E-state index in [0.29, 0.717) is 49.3 Å². The van der Waals surface area contributed by atoms with Crippen molar-refractivity contribution in [1.82, 2.24) is 40.7 Å². The van der Waals surface area contributed by atoms with Crippen LogP contribution in [-0.2, 0) is 33.9 Å². The molecule has 424 valence electrons. The molecular weight excluding hydrogens is 1050 g/mol. The van der Waals surface area contributed by atoms with Crippen LogP contribution in [0.15, 0.2) is 96.5 Å². The van der Waals surface area contributed by atoms with Crippen molar-refractivity contribution in [3.8, 4) is 33.3 Å². The number of β-amino-alcohol motifs (C(OH)–C–C–N with tert-alkyl or cyclic N) is 1. The third-order valence-corrected chi connectivity index (χ3v) is 17.7. The van der Waals surface area contributed by atoms with Gasteiger partial charge >= 0.3 is 6.01 Å². The number of halogens is 2. The lowest BCUT2D eigenvalue weighted by molar-refractivity contribution is -0.144. The Hall–Kier alpha value is -7.12. The number of ether oxygens (including phenoxy) is 1. The first-order chi connectivity index (χ1) is 38.7. The fourth-order valence-electron chi connectivity index (χ4n) is 12.3. The summed E-state index contributed by atoms with van der Waals surface area (Å²) in [6, 6.07) is 25.9. The number of aromatic nitrogens is 3. The number of amides is 3. The van der Waals surface area contributed by atoms with Gasteiger partial charge in [-0.1, -0.05) is 93.6 Å². The average molecular weight is 1120 g/mol. The molecule has 0 radical (unpaired) electrons. The van der Waals surface area contributed by atoms with Gasteiger partial charge in [-0.3, -0.25) is 14.4 Å². The number of anilines is 1. The van der Waals surface area contributed by atoms with Crippen LogP contribution >= 0.6 is 11.3 Å². The monoisotopic (exact) mass is 1120 g/mol. The van der Waals surface area contributed by atoms with Gasteiger partial charge in [0.15, 0.2) is 5.82 Å². The van der Waals surface area contributed by atoms with Gasteiger partial charge in [0, 0.05) is 74.5 Å². The molecule has 5 heterocycles. The summed E-state index contributed by atoms with van der Waals surface area (Å²) in [5.41, 5.74) is 5.65. The van der Waals surface area contributed by atoms with E-state index in [9.17, 15) is 24.6 Å². The van der Waals surface area contributed by atoms with E-state index in [4.69, 9.17) is 9.72 Å². The first kappa shape index (κ1) is 55.8. The zero-order valence-corrected chi connectivity index (χ0v) is 47.6. The Morgan fingerprint density at radius 3 is 2.41 bits per heavy atom. The number of nitrogens with zero attached hydrogens (tertiary/aromatic N) is 6. The number of phenolic OH excluding ortho intramolecular Hbond substituents is 1. The lowest BCUT2D eigenvalue weighted by Crippen LogP contribution is -2.58. The molecule has 2 unspecified atom stereocenters. The number of aromatic hydroxyl groups is 1. The van der Waals surface area contributed by atoms with E-state index < -0.39 is 41.1 Å². The number of carbonyl (C=O) groups is 3. The molecule has 0 spiro atoms. The first-order valence-electron chi connectivity index (χ1n) is 28.1. The Morgan fingerprint density at radius 1 is 0.951 bits per heavy atom. The number of likely N-dealkylation sites (tertiary alicyclic amines) is 1. The van der Waals surface area contributed by atoms with Gasteiger partial charge in [0.25, 0.3) is 0 Å². The molecule has 5 aromatic carbocycles. The highest BCUT2D eigenvalue weighted by atomic mass is 32.1. The maximum Gasteiger partial charge on any atom is 0.319 e. The number of fused-ring (bicyclic) bond motifs is 4. The number of phenols is 1. The Labute approximate surface area is 475 Å². The summed E-state index contributed by atoms with van der Waals surface area (Å²) >= 11 is 1.57. The van der Waals surface area contributed by atoms with Crippen molar-refractivity contribution >= 4 is 56.6 Å². The summed E-state index contributed by atoms with van der Waals surface area (Å²) in [5.74, 6) is -2.34. The predicted octanol–water partition coefficient (Wildman–Crippen LogP) is 9.23. The van der Waals surface area contributed by atoms with Crippen molar-refractivity contribution in [3.63, 3.8) is 0 Å². The van der Waals surface area contributed by atoms with Gasteiger partial charge in [-0.2, -0.15) is 9.97 Å². The molecule has 3 amide bonds. The Kier molecular flexibility index (Phi) is 15.4. The molecular formula is C63H71F2N9O6S. The topological polar surface area (TPSA) is 185 Å². The van der Waals surface area contributed by atoms with Gasteiger partial charge in [0.2, 0.25) is 17.7 Å². The molecule has 7 aromatic rings. The number of hydrogen-bond acceptors (Lipinski definition) is 13. The highest BCUT2D eigenvalue weighted by Crippen LogP contribution is 2.47. The normalized spacial score (nSPS) is 20.7. The van der Waals surface area contributed by atoms with Crippen molar-refractivity contribution in [2.24, 2.45) is 10.8 Å². The Morgan fingerprint density at radius 2 is 1.69 bits per heavy atom. The third-order valence-electron chi connectivity index (χ3n) is 16.7. The Bertz CT molecular complexity index is 3510. The quantitative estimate of drug-likeness (QED) is 0.0550. The highest BCUT2D eigenvalue weighted by Gasteiger charge is 2.47. The number of aliphatic hydroxyl groups excluding tert-OH is 1. The lowest BCUT2D eigenvalue weighted by atomic mass is 9.85. The molecule has 5 atom stereocenters. The molecule has 18 heteroatoms. The summed E-state index contributed by atoms with van der Waals surface area (Å²) in [4.78, 5) is 62.2. The van der Waals surface area contributed by atoms with Crippen LogP contribution in [0.5, 0.6) is 11.8 Å². The molecule has 15 nitrogen and oxygen atoms in total. The van der Waals surface area contributed by atoms with Crippen LogP contribution in [0.4, 0.5) is 14.6 Å².